The van der Waals surface area contributed by atoms with Gasteiger partial charge in [-0.3, -0.25) is 4.79 Å². The maximum Gasteiger partial charge on any atom is 0.312 e. The molecule has 72 valence electrons. The van der Waals surface area contributed by atoms with E-state index < -0.39 is 5.60 Å². The van der Waals surface area contributed by atoms with Gasteiger partial charge in [-0.15, -0.1) is 0 Å². The van der Waals surface area contributed by atoms with Crippen molar-refractivity contribution in [2.24, 2.45) is 5.16 Å². The van der Waals surface area contributed by atoms with Gasteiger partial charge < -0.3 is 9.94 Å². The van der Waals surface area contributed by atoms with Gasteiger partial charge in [0.25, 0.3) is 0 Å². The molecule has 1 N–H and O–H groups in total. The minimum atomic E-state index is -0.538. The molecule has 1 saturated heterocycles. The molecule has 1 spiro atoms. The largest absolute Gasteiger partial charge is 0.452 e. The second-order valence-electron chi connectivity index (χ2n) is 3.75. The lowest BCUT2D eigenvalue weighted by Crippen LogP contribution is -2.38. The Labute approximate surface area is 76.6 Å². The van der Waals surface area contributed by atoms with Crippen LogP contribution < -0.4 is 0 Å². The zero-order chi connectivity index (χ0) is 9.31. The van der Waals surface area contributed by atoms with Crippen molar-refractivity contribution >= 4 is 11.7 Å². The summed E-state index contributed by atoms with van der Waals surface area (Å²) in [5.41, 5.74) is -0.0124. The van der Waals surface area contributed by atoms with Crippen LogP contribution in [-0.4, -0.2) is 22.5 Å². The summed E-state index contributed by atoms with van der Waals surface area (Å²) in [4.78, 5) is 11.1. The Morgan fingerprint density at radius 2 is 2.00 bits per heavy atom. The number of nitrogens with zero attached hydrogens (tertiary/aromatic N) is 1. The van der Waals surface area contributed by atoms with E-state index in [2.05, 4.69) is 5.16 Å². The maximum atomic E-state index is 11.1. The second kappa shape index (κ2) is 3.01. The Hall–Kier alpha value is -1.06. The molecular formula is C9H13NO3. The number of hydrogen-bond donors (Lipinski definition) is 1. The highest BCUT2D eigenvalue weighted by atomic mass is 16.6. The van der Waals surface area contributed by atoms with Gasteiger partial charge in [0.2, 0.25) is 0 Å². The Kier molecular flexibility index (Phi) is 1.98. The monoisotopic (exact) mass is 183 g/mol. The number of carbonyl (C=O) groups is 1. The Morgan fingerprint density at radius 3 is 2.62 bits per heavy atom. The highest BCUT2D eigenvalue weighted by molar-refractivity contribution is 6.09. The lowest BCUT2D eigenvalue weighted by Gasteiger charge is -2.31. The van der Waals surface area contributed by atoms with Crippen molar-refractivity contribution in [2.75, 3.05) is 0 Å². The molecule has 0 amide bonds. The molecule has 4 nitrogen and oxygen atoms in total. The number of oxime groups is 1. The number of hydrogen-bond acceptors (Lipinski definition) is 4. The third-order valence-corrected chi connectivity index (χ3v) is 2.93. The Bertz CT molecular complexity index is 254. The Balaban J connectivity index is 2.23. The smallest absolute Gasteiger partial charge is 0.312 e. The molecule has 0 bridgehead atoms. The third kappa shape index (κ3) is 1.30. The summed E-state index contributed by atoms with van der Waals surface area (Å²) in [6.45, 7) is 0. The van der Waals surface area contributed by atoms with E-state index in [0.29, 0.717) is 5.71 Å². The summed E-state index contributed by atoms with van der Waals surface area (Å²) in [6.07, 6.45) is 5.07. The van der Waals surface area contributed by atoms with Crippen LogP contribution in [0.4, 0.5) is 0 Å². The van der Waals surface area contributed by atoms with Gasteiger partial charge >= 0.3 is 5.97 Å². The average molecular weight is 183 g/mol. The van der Waals surface area contributed by atoms with Gasteiger partial charge in [0, 0.05) is 0 Å². The average Bonchev–Trinajstić information content (AvgIpc) is 2.43. The first-order chi connectivity index (χ1) is 6.27. The molecule has 0 atom stereocenters. The van der Waals surface area contributed by atoms with Crippen LogP contribution in [0.3, 0.4) is 0 Å². The molecule has 0 radical (unpaired) electrons. The fraction of sp³-hybridized carbons (Fsp3) is 0.778. The zero-order valence-electron chi connectivity index (χ0n) is 7.45. The van der Waals surface area contributed by atoms with Crippen molar-refractivity contribution in [1.29, 1.82) is 0 Å². The summed E-state index contributed by atoms with van der Waals surface area (Å²) in [5.74, 6) is -0.255. The Morgan fingerprint density at radius 1 is 1.31 bits per heavy atom. The van der Waals surface area contributed by atoms with E-state index in [1.165, 1.54) is 6.42 Å². The van der Waals surface area contributed by atoms with Crippen LogP contribution >= 0.6 is 0 Å². The normalized spacial score (nSPS) is 29.5. The number of esters is 1. The summed E-state index contributed by atoms with van der Waals surface area (Å²) >= 11 is 0. The lowest BCUT2D eigenvalue weighted by molar-refractivity contribution is -0.148. The topological polar surface area (TPSA) is 58.9 Å². The summed E-state index contributed by atoms with van der Waals surface area (Å²) in [7, 11) is 0. The van der Waals surface area contributed by atoms with Crippen molar-refractivity contribution in [3.63, 3.8) is 0 Å². The van der Waals surface area contributed by atoms with Crippen LogP contribution in [0.25, 0.3) is 0 Å². The van der Waals surface area contributed by atoms with Crippen molar-refractivity contribution in [3.8, 4) is 0 Å². The molecule has 2 rings (SSSR count). The van der Waals surface area contributed by atoms with E-state index in [-0.39, 0.29) is 12.4 Å². The van der Waals surface area contributed by atoms with Crippen LogP contribution in [0.5, 0.6) is 0 Å². The molecule has 2 fully saturated rings. The van der Waals surface area contributed by atoms with Gasteiger partial charge in [0.15, 0.2) is 5.60 Å². The number of carbonyl (C=O) groups excluding carboxylic acids is 1. The highest BCUT2D eigenvalue weighted by Crippen LogP contribution is 2.38. The van der Waals surface area contributed by atoms with Crippen LogP contribution in [0.1, 0.15) is 38.5 Å². The van der Waals surface area contributed by atoms with E-state index in [0.717, 1.165) is 25.7 Å². The molecule has 1 saturated carbocycles. The van der Waals surface area contributed by atoms with E-state index in [1.54, 1.807) is 0 Å². The van der Waals surface area contributed by atoms with Gasteiger partial charge in [-0.2, -0.15) is 0 Å². The fourth-order valence-corrected chi connectivity index (χ4v) is 2.25. The van der Waals surface area contributed by atoms with Gasteiger partial charge in [-0.1, -0.05) is 11.6 Å². The molecule has 2 aliphatic rings. The molecule has 13 heavy (non-hydrogen) atoms. The van der Waals surface area contributed by atoms with Gasteiger partial charge in [0.05, 0.1) is 6.42 Å². The van der Waals surface area contributed by atoms with E-state index in [4.69, 9.17) is 9.94 Å². The molecule has 0 unspecified atom stereocenters. The van der Waals surface area contributed by atoms with Crippen molar-refractivity contribution in [1.82, 2.24) is 0 Å². The summed E-state index contributed by atoms with van der Waals surface area (Å²) in [5, 5.41) is 11.9. The van der Waals surface area contributed by atoms with E-state index in [9.17, 15) is 4.79 Å². The molecule has 1 heterocycles. The van der Waals surface area contributed by atoms with Gasteiger partial charge in [-0.05, 0) is 25.7 Å². The maximum absolute atomic E-state index is 11.1. The highest BCUT2D eigenvalue weighted by Gasteiger charge is 2.47. The van der Waals surface area contributed by atoms with Crippen LogP contribution in [0.15, 0.2) is 5.16 Å². The fourth-order valence-electron chi connectivity index (χ4n) is 2.25. The predicted octanol–water partition coefficient (Wildman–Crippen LogP) is 1.47. The predicted molar refractivity (Wildman–Crippen MR) is 45.7 cm³/mol. The van der Waals surface area contributed by atoms with Crippen LogP contribution in [0.2, 0.25) is 0 Å². The molecular weight excluding hydrogens is 170 g/mol. The minimum absolute atomic E-state index is 0.163. The first-order valence-electron chi connectivity index (χ1n) is 4.70. The van der Waals surface area contributed by atoms with Crippen LogP contribution in [0, 0.1) is 0 Å². The van der Waals surface area contributed by atoms with Crippen molar-refractivity contribution < 1.29 is 14.7 Å². The minimum Gasteiger partial charge on any atom is -0.452 e. The standard InChI is InChI=1S/C9H13NO3/c11-8-6-7(10-12)9(13-8)4-2-1-3-5-9/h12H,1-6H2. The molecule has 0 aromatic rings. The van der Waals surface area contributed by atoms with Crippen molar-refractivity contribution in [2.45, 2.75) is 44.1 Å². The quantitative estimate of drug-likeness (QED) is 0.351. The lowest BCUT2D eigenvalue weighted by atomic mass is 9.81. The summed E-state index contributed by atoms with van der Waals surface area (Å²) in [6, 6.07) is 0. The molecule has 4 heteroatoms. The summed E-state index contributed by atoms with van der Waals surface area (Å²) < 4.78 is 5.26. The van der Waals surface area contributed by atoms with E-state index in [1.807, 2.05) is 0 Å². The van der Waals surface area contributed by atoms with E-state index >= 15 is 0 Å². The molecule has 0 aromatic carbocycles. The van der Waals surface area contributed by atoms with Crippen LogP contribution in [-0.2, 0) is 9.53 Å². The number of rotatable bonds is 0. The van der Waals surface area contributed by atoms with Gasteiger partial charge in [-0.25, -0.2) is 0 Å². The zero-order valence-corrected chi connectivity index (χ0v) is 7.45. The second-order valence-corrected chi connectivity index (χ2v) is 3.75. The SMILES string of the molecule is O=C1CC(=NO)C2(CCCCC2)O1. The van der Waals surface area contributed by atoms with Crippen molar-refractivity contribution in [3.05, 3.63) is 0 Å². The molecule has 1 aliphatic heterocycles. The molecule has 0 aromatic heterocycles. The number of ether oxygens (including phenoxy) is 1. The first-order valence-corrected chi connectivity index (χ1v) is 4.70. The third-order valence-electron chi connectivity index (χ3n) is 2.93. The van der Waals surface area contributed by atoms with Gasteiger partial charge in [0.1, 0.15) is 5.71 Å². The first kappa shape index (κ1) is 8.53. The molecule has 1 aliphatic carbocycles.